The number of hydrogen-bond acceptors (Lipinski definition) is 3. The molecule has 0 fully saturated rings. The van der Waals surface area contributed by atoms with Gasteiger partial charge in [-0.05, 0) is 61.2 Å². The van der Waals surface area contributed by atoms with Crippen LogP contribution in [0.2, 0.25) is 0 Å². The first-order valence-electron chi connectivity index (χ1n) is 7.87. The van der Waals surface area contributed by atoms with E-state index < -0.39 is 5.91 Å². The van der Waals surface area contributed by atoms with E-state index in [1.165, 1.54) is 5.56 Å². The summed E-state index contributed by atoms with van der Waals surface area (Å²) in [6.45, 7) is 5.81. The molecule has 0 atom stereocenters. The molecule has 5 heteroatoms. The lowest BCUT2D eigenvalue weighted by Gasteiger charge is -2.10. The summed E-state index contributed by atoms with van der Waals surface area (Å²) in [5, 5.41) is 0. The van der Waals surface area contributed by atoms with E-state index in [1.54, 1.807) is 12.1 Å². The van der Waals surface area contributed by atoms with Crippen LogP contribution in [0.3, 0.4) is 0 Å². The molecule has 2 aromatic rings. The van der Waals surface area contributed by atoms with E-state index in [0.717, 1.165) is 17.5 Å². The van der Waals surface area contributed by atoms with Crippen molar-refractivity contribution in [1.82, 2.24) is 10.9 Å². The molecule has 126 valence electrons. The van der Waals surface area contributed by atoms with Crippen molar-refractivity contribution in [3.8, 4) is 5.75 Å². The summed E-state index contributed by atoms with van der Waals surface area (Å²) in [6.07, 6.45) is 0.950. The van der Waals surface area contributed by atoms with Crippen LogP contribution in [-0.2, 0) is 11.2 Å². The summed E-state index contributed by atoms with van der Waals surface area (Å²) in [4.78, 5) is 23.7. The van der Waals surface area contributed by atoms with Crippen molar-refractivity contribution in [1.29, 1.82) is 0 Å². The molecule has 2 N–H and O–H groups in total. The third-order valence-corrected chi connectivity index (χ3v) is 3.79. The molecule has 0 aromatic heterocycles. The van der Waals surface area contributed by atoms with Crippen molar-refractivity contribution in [2.45, 2.75) is 27.2 Å². The summed E-state index contributed by atoms with van der Waals surface area (Å²) in [7, 11) is 0. The first-order valence-corrected chi connectivity index (χ1v) is 7.87. The minimum atomic E-state index is -0.424. The van der Waals surface area contributed by atoms with Crippen molar-refractivity contribution in [3.63, 3.8) is 0 Å². The zero-order chi connectivity index (χ0) is 17.5. The summed E-state index contributed by atoms with van der Waals surface area (Å²) in [5.74, 6) is -0.173. The zero-order valence-corrected chi connectivity index (χ0v) is 14.2. The maximum Gasteiger partial charge on any atom is 0.276 e. The van der Waals surface area contributed by atoms with E-state index in [0.29, 0.717) is 11.3 Å². The highest BCUT2D eigenvalue weighted by molar-refractivity contribution is 5.95. The third kappa shape index (κ3) is 4.84. The van der Waals surface area contributed by atoms with Crippen LogP contribution >= 0.6 is 0 Å². The van der Waals surface area contributed by atoms with Crippen LogP contribution in [0.15, 0.2) is 42.5 Å². The Morgan fingerprint density at radius 2 is 1.67 bits per heavy atom. The van der Waals surface area contributed by atoms with Gasteiger partial charge in [-0.3, -0.25) is 20.4 Å². The maximum absolute atomic E-state index is 12.0. The Hall–Kier alpha value is -2.82. The Bertz CT molecular complexity index is 724. The van der Waals surface area contributed by atoms with E-state index in [4.69, 9.17) is 4.74 Å². The van der Waals surface area contributed by atoms with Gasteiger partial charge < -0.3 is 4.74 Å². The molecule has 5 nitrogen and oxygen atoms in total. The summed E-state index contributed by atoms with van der Waals surface area (Å²) in [5.41, 5.74) is 8.55. The molecule has 2 rings (SSSR count). The second-order valence-corrected chi connectivity index (χ2v) is 5.59. The average Bonchev–Trinajstić information content (AvgIpc) is 2.60. The number of hydrogen-bond donors (Lipinski definition) is 2. The van der Waals surface area contributed by atoms with Crippen molar-refractivity contribution in [2.24, 2.45) is 0 Å². The fourth-order valence-corrected chi connectivity index (χ4v) is 2.09. The SMILES string of the molecule is CCc1ccc(OCC(=O)NNC(=O)c2ccc(C)c(C)c2)cc1. The Balaban J connectivity index is 1.79. The Kier molecular flexibility index (Phi) is 5.95. The monoisotopic (exact) mass is 326 g/mol. The minimum absolute atomic E-state index is 0.168. The van der Waals surface area contributed by atoms with Gasteiger partial charge >= 0.3 is 0 Å². The topological polar surface area (TPSA) is 67.4 Å². The van der Waals surface area contributed by atoms with Crippen LogP contribution in [0.4, 0.5) is 0 Å². The van der Waals surface area contributed by atoms with Crippen LogP contribution < -0.4 is 15.6 Å². The van der Waals surface area contributed by atoms with Gasteiger partial charge in [0.15, 0.2) is 6.61 Å². The quantitative estimate of drug-likeness (QED) is 0.830. The second-order valence-electron chi connectivity index (χ2n) is 5.59. The predicted molar refractivity (Wildman–Crippen MR) is 92.8 cm³/mol. The molecule has 0 aliphatic rings. The molecule has 0 aliphatic carbocycles. The second kappa shape index (κ2) is 8.15. The highest BCUT2D eigenvalue weighted by atomic mass is 16.5. The van der Waals surface area contributed by atoms with Crippen LogP contribution in [0.1, 0.15) is 34.0 Å². The minimum Gasteiger partial charge on any atom is -0.484 e. The van der Waals surface area contributed by atoms with Crippen molar-refractivity contribution < 1.29 is 14.3 Å². The molecule has 2 aromatic carbocycles. The van der Waals surface area contributed by atoms with Gasteiger partial charge in [0.2, 0.25) is 0 Å². The fourth-order valence-electron chi connectivity index (χ4n) is 2.09. The van der Waals surface area contributed by atoms with Gasteiger partial charge in [0, 0.05) is 5.56 Å². The van der Waals surface area contributed by atoms with Gasteiger partial charge in [-0.15, -0.1) is 0 Å². The molecule has 0 bridgehead atoms. The van der Waals surface area contributed by atoms with Gasteiger partial charge in [-0.1, -0.05) is 25.1 Å². The van der Waals surface area contributed by atoms with Gasteiger partial charge in [-0.2, -0.15) is 0 Å². The van der Waals surface area contributed by atoms with Crippen molar-refractivity contribution >= 4 is 11.8 Å². The lowest BCUT2D eigenvalue weighted by molar-refractivity contribution is -0.123. The Labute approximate surface area is 142 Å². The van der Waals surface area contributed by atoms with E-state index in [-0.39, 0.29) is 12.5 Å². The molecular weight excluding hydrogens is 304 g/mol. The largest absolute Gasteiger partial charge is 0.484 e. The number of rotatable bonds is 5. The van der Waals surface area contributed by atoms with E-state index in [2.05, 4.69) is 17.8 Å². The van der Waals surface area contributed by atoms with Gasteiger partial charge in [0.05, 0.1) is 0 Å². The number of amides is 2. The lowest BCUT2D eigenvalue weighted by atomic mass is 10.1. The third-order valence-electron chi connectivity index (χ3n) is 3.79. The summed E-state index contributed by atoms with van der Waals surface area (Å²) < 4.78 is 5.38. The van der Waals surface area contributed by atoms with Gasteiger partial charge in [0.1, 0.15) is 5.75 Å². The number of hydrazine groups is 1. The molecule has 0 radical (unpaired) electrons. The van der Waals surface area contributed by atoms with Gasteiger partial charge in [0.25, 0.3) is 11.8 Å². The normalized spacial score (nSPS) is 10.1. The number of nitrogens with one attached hydrogen (secondary N) is 2. The molecule has 0 saturated heterocycles. The van der Waals surface area contributed by atoms with Crippen molar-refractivity contribution in [3.05, 3.63) is 64.7 Å². The van der Waals surface area contributed by atoms with Crippen LogP contribution in [0, 0.1) is 13.8 Å². The summed E-state index contributed by atoms with van der Waals surface area (Å²) in [6, 6.07) is 12.9. The molecule has 0 spiro atoms. The van der Waals surface area contributed by atoms with Crippen LogP contribution in [0.5, 0.6) is 5.75 Å². The lowest BCUT2D eigenvalue weighted by Crippen LogP contribution is -2.43. The fraction of sp³-hybridized carbons (Fsp3) is 0.263. The molecule has 24 heavy (non-hydrogen) atoms. The molecular formula is C19H22N2O3. The number of aryl methyl sites for hydroxylation is 3. The molecule has 2 amide bonds. The van der Waals surface area contributed by atoms with Gasteiger partial charge in [-0.25, -0.2) is 0 Å². The summed E-state index contributed by atoms with van der Waals surface area (Å²) >= 11 is 0. The Morgan fingerprint density at radius 3 is 2.29 bits per heavy atom. The zero-order valence-electron chi connectivity index (χ0n) is 14.2. The molecule has 0 heterocycles. The van der Waals surface area contributed by atoms with Crippen molar-refractivity contribution in [2.75, 3.05) is 6.61 Å². The van der Waals surface area contributed by atoms with E-state index in [1.807, 2.05) is 44.2 Å². The van der Waals surface area contributed by atoms with E-state index in [9.17, 15) is 9.59 Å². The maximum atomic E-state index is 12.0. The smallest absolute Gasteiger partial charge is 0.276 e. The van der Waals surface area contributed by atoms with E-state index >= 15 is 0 Å². The average molecular weight is 326 g/mol. The van der Waals surface area contributed by atoms with Crippen LogP contribution in [0.25, 0.3) is 0 Å². The molecule has 0 unspecified atom stereocenters. The number of ether oxygens (including phenoxy) is 1. The molecule has 0 saturated carbocycles. The Morgan fingerprint density at radius 1 is 0.958 bits per heavy atom. The number of carbonyl (C=O) groups excluding carboxylic acids is 2. The highest BCUT2D eigenvalue weighted by Gasteiger charge is 2.08. The number of benzene rings is 2. The predicted octanol–water partition coefficient (Wildman–Crippen LogP) is 2.71. The van der Waals surface area contributed by atoms with Crippen LogP contribution in [-0.4, -0.2) is 18.4 Å². The number of carbonyl (C=O) groups is 2. The first kappa shape index (κ1) is 17.5. The first-order chi connectivity index (χ1) is 11.5. The standard InChI is InChI=1S/C19H22N2O3/c1-4-15-6-9-17(10-7-15)24-12-18(22)20-21-19(23)16-8-5-13(2)14(3)11-16/h5-11H,4,12H2,1-3H3,(H,20,22)(H,21,23). The molecule has 0 aliphatic heterocycles. The highest BCUT2D eigenvalue weighted by Crippen LogP contribution is 2.12.